The predicted octanol–water partition coefficient (Wildman–Crippen LogP) is 4.36. The van der Waals surface area contributed by atoms with Gasteiger partial charge in [0.2, 0.25) is 0 Å². The molecule has 1 heterocycles. The van der Waals surface area contributed by atoms with E-state index in [4.69, 9.17) is 4.74 Å². The van der Waals surface area contributed by atoms with Gasteiger partial charge in [0.25, 0.3) is 0 Å². The molecule has 1 aromatic rings. The maximum Gasteiger partial charge on any atom is 0.123 e. The van der Waals surface area contributed by atoms with Gasteiger partial charge in [-0.1, -0.05) is 31.4 Å². The van der Waals surface area contributed by atoms with Crippen LogP contribution >= 0.6 is 0 Å². The van der Waals surface area contributed by atoms with E-state index < -0.39 is 0 Å². The fourth-order valence-corrected chi connectivity index (χ4v) is 3.94. The highest BCUT2D eigenvalue weighted by Gasteiger charge is 2.38. The molecule has 2 nitrogen and oxygen atoms in total. The number of nitrogens with one attached hydrogen (secondary N) is 1. The zero-order valence-corrected chi connectivity index (χ0v) is 12.9. The van der Waals surface area contributed by atoms with E-state index in [0.717, 1.165) is 25.0 Å². The van der Waals surface area contributed by atoms with Crippen LogP contribution in [0.3, 0.4) is 0 Å². The van der Waals surface area contributed by atoms with E-state index in [1.807, 2.05) is 6.07 Å². The Labute approximate surface area is 127 Å². The van der Waals surface area contributed by atoms with Crippen molar-refractivity contribution in [1.29, 1.82) is 0 Å². The van der Waals surface area contributed by atoms with Gasteiger partial charge in [-0.15, -0.1) is 0 Å². The smallest absolute Gasteiger partial charge is 0.123 e. The summed E-state index contributed by atoms with van der Waals surface area (Å²) in [5, 5.41) is 3.69. The van der Waals surface area contributed by atoms with Crippen molar-refractivity contribution in [3.63, 3.8) is 0 Å². The third kappa shape index (κ3) is 3.64. The quantitative estimate of drug-likeness (QED) is 0.893. The lowest BCUT2D eigenvalue weighted by atomic mass is 9.78. The van der Waals surface area contributed by atoms with Gasteiger partial charge in [0.15, 0.2) is 0 Å². The van der Waals surface area contributed by atoms with E-state index in [0.29, 0.717) is 6.04 Å². The Bertz CT molecular complexity index is 465. The molecular formula is C18H26FNO. The molecule has 1 aliphatic heterocycles. The Morgan fingerprint density at radius 2 is 2.10 bits per heavy atom. The summed E-state index contributed by atoms with van der Waals surface area (Å²) in [6.45, 7) is 2.98. The van der Waals surface area contributed by atoms with Crippen LogP contribution in [0, 0.1) is 5.82 Å². The fraction of sp³-hybridized carbons (Fsp3) is 0.667. The van der Waals surface area contributed by atoms with Crippen molar-refractivity contribution in [2.75, 3.05) is 6.61 Å². The fourth-order valence-electron chi connectivity index (χ4n) is 3.94. The van der Waals surface area contributed by atoms with Gasteiger partial charge in [-0.05, 0) is 50.3 Å². The molecule has 3 rings (SSSR count). The Kier molecular flexibility index (Phi) is 4.60. The topological polar surface area (TPSA) is 21.3 Å². The van der Waals surface area contributed by atoms with E-state index in [1.165, 1.54) is 38.2 Å². The van der Waals surface area contributed by atoms with E-state index in [1.54, 1.807) is 12.1 Å². The van der Waals surface area contributed by atoms with Crippen LogP contribution in [0.25, 0.3) is 0 Å². The van der Waals surface area contributed by atoms with Crippen molar-refractivity contribution in [3.05, 3.63) is 35.6 Å². The van der Waals surface area contributed by atoms with Crippen LogP contribution in [0.5, 0.6) is 0 Å². The zero-order chi connectivity index (χ0) is 14.7. The Morgan fingerprint density at radius 1 is 1.29 bits per heavy atom. The number of halogens is 1. The molecule has 0 aromatic heterocycles. The summed E-state index contributed by atoms with van der Waals surface area (Å²) in [6.07, 6.45) is 8.52. The minimum atomic E-state index is -0.156. The van der Waals surface area contributed by atoms with Crippen LogP contribution in [0.15, 0.2) is 24.3 Å². The molecule has 1 aromatic carbocycles. The van der Waals surface area contributed by atoms with Crippen molar-refractivity contribution in [3.8, 4) is 0 Å². The van der Waals surface area contributed by atoms with Gasteiger partial charge in [0.05, 0.1) is 5.60 Å². The summed E-state index contributed by atoms with van der Waals surface area (Å²) in [7, 11) is 0. The standard InChI is InChI=1S/C18H26FNO/c1-14(15-6-5-7-16(19)12-15)20-17-8-11-21-18(13-17)9-3-2-4-10-18/h5-7,12,14,17,20H,2-4,8-11,13H2,1H3/t14-,17?/m0/s1. The molecule has 21 heavy (non-hydrogen) atoms. The van der Waals surface area contributed by atoms with Crippen LogP contribution in [-0.4, -0.2) is 18.2 Å². The average molecular weight is 291 g/mol. The van der Waals surface area contributed by atoms with Gasteiger partial charge in [-0.2, -0.15) is 0 Å². The number of rotatable bonds is 3. The summed E-state index contributed by atoms with van der Waals surface area (Å²) in [4.78, 5) is 0. The van der Waals surface area contributed by atoms with Gasteiger partial charge in [-0.25, -0.2) is 4.39 Å². The van der Waals surface area contributed by atoms with Crippen molar-refractivity contribution in [1.82, 2.24) is 5.32 Å². The molecule has 2 fully saturated rings. The van der Waals surface area contributed by atoms with E-state index >= 15 is 0 Å². The van der Waals surface area contributed by atoms with E-state index in [-0.39, 0.29) is 17.5 Å². The lowest BCUT2D eigenvalue weighted by molar-refractivity contribution is -0.110. The van der Waals surface area contributed by atoms with Gasteiger partial charge in [0.1, 0.15) is 5.82 Å². The summed E-state index contributed by atoms with van der Waals surface area (Å²) in [5.41, 5.74) is 1.15. The number of benzene rings is 1. The molecule has 3 heteroatoms. The summed E-state index contributed by atoms with van der Waals surface area (Å²) in [5.74, 6) is -0.156. The number of hydrogen-bond acceptors (Lipinski definition) is 2. The molecule has 2 atom stereocenters. The number of ether oxygens (including phenoxy) is 1. The monoisotopic (exact) mass is 291 g/mol. The maximum atomic E-state index is 13.3. The first-order chi connectivity index (χ1) is 10.2. The third-order valence-corrected chi connectivity index (χ3v) is 5.09. The molecule has 1 spiro atoms. The highest BCUT2D eigenvalue weighted by atomic mass is 19.1. The maximum absolute atomic E-state index is 13.3. The Morgan fingerprint density at radius 3 is 2.86 bits per heavy atom. The van der Waals surface area contributed by atoms with E-state index in [2.05, 4.69) is 12.2 Å². The lowest BCUT2D eigenvalue weighted by Gasteiger charge is -2.44. The van der Waals surface area contributed by atoms with Crippen molar-refractivity contribution in [2.24, 2.45) is 0 Å². The first-order valence-electron chi connectivity index (χ1n) is 8.32. The minimum absolute atomic E-state index is 0.121. The van der Waals surface area contributed by atoms with Crippen molar-refractivity contribution >= 4 is 0 Å². The summed E-state index contributed by atoms with van der Waals surface area (Å²) in [6, 6.07) is 7.58. The van der Waals surface area contributed by atoms with Crippen LogP contribution in [0.2, 0.25) is 0 Å². The van der Waals surface area contributed by atoms with Crippen molar-refractivity contribution in [2.45, 2.75) is 69.6 Å². The summed E-state index contributed by atoms with van der Waals surface area (Å²) >= 11 is 0. The Hall–Kier alpha value is -0.930. The molecule has 2 aliphatic rings. The highest BCUT2D eigenvalue weighted by Crippen LogP contribution is 2.39. The molecule has 1 N–H and O–H groups in total. The lowest BCUT2D eigenvalue weighted by Crippen LogP contribution is -2.48. The largest absolute Gasteiger partial charge is 0.375 e. The second kappa shape index (κ2) is 6.45. The van der Waals surface area contributed by atoms with Gasteiger partial charge >= 0.3 is 0 Å². The normalized spacial score (nSPS) is 26.7. The van der Waals surface area contributed by atoms with Crippen molar-refractivity contribution < 1.29 is 9.13 Å². The van der Waals surface area contributed by atoms with Crippen LogP contribution < -0.4 is 5.32 Å². The molecular weight excluding hydrogens is 265 g/mol. The molecule has 1 unspecified atom stereocenters. The minimum Gasteiger partial charge on any atom is -0.375 e. The third-order valence-electron chi connectivity index (χ3n) is 5.09. The van der Waals surface area contributed by atoms with Gasteiger partial charge in [-0.3, -0.25) is 0 Å². The van der Waals surface area contributed by atoms with E-state index in [9.17, 15) is 4.39 Å². The number of hydrogen-bond donors (Lipinski definition) is 1. The summed E-state index contributed by atoms with van der Waals surface area (Å²) < 4.78 is 19.5. The van der Waals surface area contributed by atoms with Crippen LogP contribution in [0.1, 0.15) is 63.5 Å². The van der Waals surface area contributed by atoms with Gasteiger partial charge in [0, 0.05) is 18.7 Å². The van der Waals surface area contributed by atoms with Crippen LogP contribution in [0.4, 0.5) is 4.39 Å². The SMILES string of the molecule is C[C@H](NC1CCOC2(CCCCC2)C1)c1cccc(F)c1. The molecule has 1 saturated carbocycles. The Balaban J connectivity index is 1.61. The highest BCUT2D eigenvalue weighted by molar-refractivity contribution is 5.19. The molecule has 0 radical (unpaired) electrons. The second-order valence-corrected chi connectivity index (χ2v) is 6.73. The van der Waals surface area contributed by atoms with Crippen LogP contribution in [-0.2, 0) is 4.74 Å². The molecule has 1 aliphatic carbocycles. The molecule has 1 saturated heterocycles. The molecule has 0 bridgehead atoms. The first kappa shape index (κ1) is 15.0. The predicted molar refractivity (Wildman–Crippen MR) is 82.7 cm³/mol. The zero-order valence-electron chi connectivity index (χ0n) is 12.9. The van der Waals surface area contributed by atoms with Gasteiger partial charge < -0.3 is 10.1 Å². The molecule has 0 amide bonds. The second-order valence-electron chi connectivity index (χ2n) is 6.73. The first-order valence-corrected chi connectivity index (χ1v) is 8.32. The average Bonchev–Trinajstić information content (AvgIpc) is 2.48. The molecule has 116 valence electrons.